The molecule has 0 saturated heterocycles. The fourth-order valence-corrected chi connectivity index (χ4v) is 4.88. The van der Waals surface area contributed by atoms with Gasteiger partial charge in [-0.25, -0.2) is 0 Å². The van der Waals surface area contributed by atoms with E-state index in [1.165, 1.54) is 50.6 Å². The molecule has 4 rings (SSSR count). The summed E-state index contributed by atoms with van der Waals surface area (Å²) < 4.78 is 8.43. The highest BCUT2D eigenvalue weighted by molar-refractivity contribution is 5.81. The molecule has 2 aromatic rings. The maximum Gasteiger partial charge on any atom is 0.154 e. The quantitative estimate of drug-likeness (QED) is 0.684. The fraction of sp³-hybridized carbons (Fsp3) is 0.591. The lowest BCUT2D eigenvalue weighted by molar-refractivity contribution is 0.111. The number of aromatic nitrogens is 3. The molecule has 0 spiro atoms. The Kier molecular flexibility index (Phi) is 5.55. The van der Waals surface area contributed by atoms with Gasteiger partial charge in [-0.3, -0.25) is 14.5 Å². The molecule has 5 heteroatoms. The molecular formula is C22H29N3O2. The zero-order valence-electron chi connectivity index (χ0n) is 16.1. The van der Waals surface area contributed by atoms with Crippen LogP contribution in [0.15, 0.2) is 24.7 Å². The van der Waals surface area contributed by atoms with E-state index >= 15 is 0 Å². The summed E-state index contributed by atoms with van der Waals surface area (Å²) in [4.78, 5) is 15.6. The third-order valence-electron chi connectivity index (χ3n) is 6.38. The molecule has 2 saturated carbocycles. The molecule has 2 fully saturated rings. The predicted molar refractivity (Wildman–Crippen MR) is 104 cm³/mol. The van der Waals surface area contributed by atoms with Gasteiger partial charge in [0.05, 0.1) is 24.4 Å². The first-order chi connectivity index (χ1) is 13.3. The van der Waals surface area contributed by atoms with E-state index in [1.54, 1.807) is 12.4 Å². The van der Waals surface area contributed by atoms with Crippen molar-refractivity contribution in [2.75, 3.05) is 6.61 Å². The van der Waals surface area contributed by atoms with E-state index in [-0.39, 0.29) is 0 Å². The van der Waals surface area contributed by atoms with Gasteiger partial charge in [0.1, 0.15) is 5.75 Å². The molecule has 2 atom stereocenters. The van der Waals surface area contributed by atoms with Crippen molar-refractivity contribution in [2.24, 2.45) is 5.92 Å². The number of carbonyl (C=O) groups excluding carboxylic acids is 1. The van der Waals surface area contributed by atoms with Gasteiger partial charge in [0, 0.05) is 29.9 Å². The van der Waals surface area contributed by atoms with E-state index in [0.717, 1.165) is 18.3 Å². The Labute approximate surface area is 161 Å². The molecule has 0 radical (unpaired) electrons. The van der Waals surface area contributed by atoms with E-state index < -0.39 is 0 Å². The number of pyridine rings is 1. The number of aldehydes is 1. The van der Waals surface area contributed by atoms with Crippen LogP contribution < -0.4 is 4.74 Å². The summed E-state index contributed by atoms with van der Waals surface area (Å²) in [6, 6.07) is 2.79. The van der Waals surface area contributed by atoms with Crippen LogP contribution in [0.5, 0.6) is 5.75 Å². The zero-order valence-corrected chi connectivity index (χ0v) is 16.1. The molecule has 2 aliphatic carbocycles. The van der Waals surface area contributed by atoms with Crippen molar-refractivity contribution in [3.8, 4) is 5.75 Å². The Morgan fingerprint density at radius 3 is 2.74 bits per heavy atom. The standard InChI is InChI=1S/C22H29N3O2/c1-16-12-23-13-22(20(16)14-26)27-15-17-6-2-5-9-19(17)21-10-11-24-25(21)18-7-3-4-8-18/h10-14,17-19H,2-9,15H2,1H3. The van der Waals surface area contributed by atoms with E-state index in [1.807, 2.05) is 13.1 Å². The van der Waals surface area contributed by atoms with Crippen molar-refractivity contribution in [1.29, 1.82) is 0 Å². The molecule has 0 aliphatic heterocycles. The van der Waals surface area contributed by atoms with Gasteiger partial charge in [-0.05, 0) is 44.2 Å². The topological polar surface area (TPSA) is 57.0 Å². The SMILES string of the molecule is Cc1cncc(OCC2CCCCC2c2ccnn2C2CCCC2)c1C=O. The highest BCUT2D eigenvalue weighted by Gasteiger charge is 2.31. The van der Waals surface area contributed by atoms with Gasteiger partial charge in [0.15, 0.2) is 6.29 Å². The van der Waals surface area contributed by atoms with E-state index in [2.05, 4.69) is 20.8 Å². The van der Waals surface area contributed by atoms with Gasteiger partial charge in [-0.1, -0.05) is 25.7 Å². The van der Waals surface area contributed by atoms with Crippen molar-refractivity contribution in [3.05, 3.63) is 41.5 Å². The zero-order chi connectivity index (χ0) is 18.6. The third kappa shape index (κ3) is 3.78. The van der Waals surface area contributed by atoms with Crippen LogP contribution in [0.4, 0.5) is 0 Å². The lowest BCUT2D eigenvalue weighted by Crippen LogP contribution is -2.27. The average molecular weight is 367 g/mol. The second-order valence-corrected chi connectivity index (χ2v) is 8.09. The lowest BCUT2D eigenvalue weighted by atomic mass is 9.77. The average Bonchev–Trinajstić information content (AvgIpc) is 3.38. The summed E-state index contributed by atoms with van der Waals surface area (Å²) >= 11 is 0. The van der Waals surface area contributed by atoms with Crippen LogP contribution in [0.3, 0.4) is 0 Å². The number of hydrogen-bond acceptors (Lipinski definition) is 4. The number of ether oxygens (including phenoxy) is 1. The molecule has 144 valence electrons. The first-order valence-electron chi connectivity index (χ1n) is 10.3. The molecule has 0 amide bonds. The van der Waals surface area contributed by atoms with Crippen LogP contribution in [0, 0.1) is 12.8 Å². The van der Waals surface area contributed by atoms with Gasteiger partial charge in [-0.2, -0.15) is 5.10 Å². The van der Waals surface area contributed by atoms with Crippen molar-refractivity contribution in [3.63, 3.8) is 0 Å². The van der Waals surface area contributed by atoms with Gasteiger partial charge < -0.3 is 4.74 Å². The number of carbonyl (C=O) groups is 1. The predicted octanol–water partition coefficient (Wildman–Crippen LogP) is 4.87. The Morgan fingerprint density at radius 1 is 1.15 bits per heavy atom. The molecular weight excluding hydrogens is 338 g/mol. The van der Waals surface area contributed by atoms with Crippen LogP contribution in [-0.2, 0) is 0 Å². The molecule has 0 bridgehead atoms. The number of hydrogen-bond donors (Lipinski definition) is 0. The van der Waals surface area contributed by atoms with Gasteiger partial charge >= 0.3 is 0 Å². The van der Waals surface area contributed by atoms with Gasteiger partial charge in [-0.15, -0.1) is 0 Å². The molecule has 2 aliphatic rings. The Balaban J connectivity index is 1.51. The summed E-state index contributed by atoms with van der Waals surface area (Å²) in [5, 5.41) is 4.68. The maximum absolute atomic E-state index is 11.4. The summed E-state index contributed by atoms with van der Waals surface area (Å²) in [5.74, 6) is 1.55. The summed E-state index contributed by atoms with van der Waals surface area (Å²) in [5.41, 5.74) is 2.86. The minimum Gasteiger partial charge on any atom is -0.491 e. The van der Waals surface area contributed by atoms with Crippen molar-refractivity contribution in [2.45, 2.75) is 70.3 Å². The highest BCUT2D eigenvalue weighted by atomic mass is 16.5. The van der Waals surface area contributed by atoms with E-state index in [9.17, 15) is 4.79 Å². The Bertz CT molecular complexity index is 780. The largest absolute Gasteiger partial charge is 0.491 e. The number of aryl methyl sites for hydroxylation is 1. The molecule has 2 heterocycles. The van der Waals surface area contributed by atoms with Crippen molar-refractivity contribution in [1.82, 2.24) is 14.8 Å². The van der Waals surface area contributed by atoms with Crippen molar-refractivity contribution >= 4 is 6.29 Å². The normalized spacial score (nSPS) is 23.4. The van der Waals surface area contributed by atoms with Crippen LogP contribution in [0.25, 0.3) is 0 Å². The molecule has 2 unspecified atom stereocenters. The third-order valence-corrected chi connectivity index (χ3v) is 6.38. The van der Waals surface area contributed by atoms with Crippen LogP contribution >= 0.6 is 0 Å². The molecule has 0 aromatic carbocycles. The molecule has 27 heavy (non-hydrogen) atoms. The Hall–Kier alpha value is -2.17. The van der Waals surface area contributed by atoms with E-state index in [0.29, 0.717) is 35.8 Å². The van der Waals surface area contributed by atoms with Crippen LogP contribution in [0.2, 0.25) is 0 Å². The van der Waals surface area contributed by atoms with Crippen LogP contribution in [-0.4, -0.2) is 27.7 Å². The van der Waals surface area contributed by atoms with E-state index in [4.69, 9.17) is 4.74 Å². The first kappa shape index (κ1) is 18.2. The number of nitrogens with zero attached hydrogens (tertiary/aromatic N) is 3. The summed E-state index contributed by atoms with van der Waals surface area (Å²) in [6.07, 6.45) is 16.2. The first-order valence-corrected chi connectivity index (χ1v) is 10.3. The van der Waals surface area contributed by atoms with Crippen molar-refractivity contribution < 1.29 is 9.53 Å². The molecule has 5 nitrogen and oxygen atoms in total. The molecule has 2 aromatic heterocycles. The number of rotatable bonds is 6. The monoisotopic (exact) mass is 367 g/mol. The smallest absolute Gasteiger partial charge is 0.154 e. The highest BCUT2D eigenvalue weighted by Crippen LogP contribution is 2.40. The summed E-state index contributed by atoms with van der Waals surface area (Å²) in [6.45, 7) is 2.53. The van der Waals surface area contributed by atoms with Gasteiger partial charge in [0.25, 0.3) is 0 Å². The maximum atomic E-state index is 11.4. The summed E-state index contributed by atoms with van der Waals surface area (Å²) in [7, 11) is 0. The fourth-order valence-electron chi connectivity index (χ4n) is 4.88. The van der Waals surface area contributed by atoms with Crippen LogP contribution in [0.1, 0.15) is 84.9 Å². The lowest BCUT2D eigenvalue weighted by Gasteiger charge is -2.33. The second kappa shape index (κ2) is 8.24. The minimum absolute atomic E-state index is 0.454. The van der Waals surface area contributed by atoms with Gasteiger partial charge in [0.2, 0.25) is 0 Å². The Morgan fingerprint density at radius 2 is 1.93 bits per heavy atom. The minimum atomic E-state index is 0.454. The molecule has 0 N–H and O–H groups in total. The second-order valence-electron chi connectivity index (χ2n) is 8.09.